The first-order valence-corrected chi connectivity index (χ1v) is 22.4. The van der Waals surface area contributed by atoms with E-state index in [-0.39, 0.29) is 128 Å². The van der Waals surface area contributed by atoms with Gasteiger partial charge in [-0.2, -0.15) is 0 Å². The molecule has 8 rings (SSSR count). The van der Waals surface area contributed by atoms with Crippen LogP contribution in [0.5, 0.6) is 11.5 Å². The zero-order valence-electron chi connectivity index (χ0n) is 37.1. The van der Waals surface area contributed by atoms with Crippen molar-refractivity contribution in [3.8, 4) is 11.5 Å². The summed E-state index contributed by atoms with van der Waals surface area (Å²) < 4.78 is 25.7. The van der Waals surface area contributed by atoms with E-state index < -0.39 is 81.7 Å². The van der Waals surface area contributed by atoms with Gasteiger partial charge < -0.3 is 32.7 Å². The molecule has 4 fully saturated rings. The van der Waals surface area contributed by atoms with Crippen LogP contribution >= 0.6 is 23.2 Å². The lowest BCUT2D eigenvalue weighted by Crippen LogP contribution is -2.39. The number of hydroxylamine groups is 4. The van der Waals surface area contributed by atoms with Crippen molar-refractivity contribution in [1.29, 1.82) is 0 Å². The maximum absolute atomic E-state index is 12.8. The minimum atomic E-state index is -1.44. The fourth-order valence-electron chi connectivity index (χ4n) is 8.54. The molecule has 2 aromatic carbocycles. The van der Waals surface area contributed by atoms with Crippen LogP contribution in [0.4, 0.5) is 0 Å². The second-order valence-corrected chi connectivity index (χ2v) is 17.6. The van der Waals surface area contributed by atoms with Gasteiger partial charge in [0.2, 0.25) is 6.79 Å². The fraction of sp³-hybridized carbons (Fsp3) is 0.422. The molecule has 2 aliphatic carbocycles. The minimum absolute atomic E-state index is 0.0148. The number of nitroso groups, excluding NO2 is 2. The molecule has 0 N–H and O–H groups in total. The molecule has 4 aliphatic rings. The van der Waals surface area contributed by atoms with E-state index in [0.717, 1.165) is 0 Å². The van der Waals surface area contributed by atoms with Gasteiger partial charge in [0.05, 0.1) is 33.0 Å². The highest BCUT2D eigenvalue weighted by molar-refractivity contribution is 6.33. The number of carbonyl (C=O) groups excluding carboxylic acids is 8. The van der Waals surface area contributed by atoms with Crippen LogP contribution in [-0.2, 0) is 63.8 Å². The monoisotopic (exact) mass is 1010 g/mol. The topological polar surface area (TPSA) is 308 Å². The number of fused-ring (bicyclic) bond motifs is 2. The highest BCUT2D eigenvalue weighted by Gasteiger charge is 2.46. The Bertz CT molecular complexity index is 2960. The number of benzene rings is 2. The highest BCUT2D eigenvalue weighted by atomic mass is 35.5. The van der Waals surface area contributed by atoms with Crippen molar-refractivity contribution in [1.82, 2.24) is 10.1 Å². The summed E-state index contributed by atoms with van der Waals surface area (Å²) in [6.07, 6.45) is 0.697. The van der Waals surface area contributed by atoms with Crippen LogP contribution < -0.4 is 20.7 Å². The second kappa shape index (κ2) is 20.7. The van der Waals surface area contributed by atoms with Gasteiger partial charge in [0.15, 0.2) is 5.75 Å². The molecule has 25 heteroatoms. The Morgan fingerprint density at radius 3 is 1.36 bits per heavy atom. The van der Waals surface area contributed by atoms with Gasteiger partial charge in [0.25, 0.3) is 23.6 Å². The van der Waals surface area contributed by atoms with Gasteiger partial charge in [-0.15, -0.1) is 19.9 Å². The summed E-state index contributed by atoms with van der Waals surface area (Å²) in [4.78, 5) is 153. The predicted octanol–water partition coefficient (Wildman–Crippen LogP) is 6.24. The molecule has 4 heterocycles. The van der Waals surface area contributed by atoms with Crippen LogP contribution in [0, 0.1) is 21.6 Å². The van der Waals surface area contributed by atoms with Gasteiger partial charge in [-0.05, 0) is 75.6 Å². The molecule has 70 heavy (non-hydrogen) atoms. The number of ether oxygens (including phenoxy) is 3. The summed E-state index contributed by atoms with van der Waals surface area (Å²) in [5, 5.41) is 8.50. The van der Waals surface area contributed by atoms with Crippen molar-refractivity contribution in [2.45, 2.75) is 102 Å². The van der Waals surface area contributed by atoms with Crippen LogP contribution in [0.1, 0.15) is 102 Å². The first-order valence-electron chi connectivity index (χ1n) is 21.6. The van der Waals surface area contributed by atoms with Crippen LogP contribution in [0.15, 0.2) is 65.2 Å². The Morgan fingerprint density at radius 2 is 0.986 bits per heavy atom. The summed E-state index contributed by atoms with van der Waals surface area (Å²) in [5.41, 5.74) is -4.19. The number of amides is 4. The molecule has 2 aliphatic heterocycles. The second-order valence-electron chi connectivity index (χ2n) is 16.8. The SMILES string of the molecule is CC(=O)OCOc1cc2oc(=O)c(C3(N=O)CCC(C(=O)ON4C(=O)CCC4=O)CC3)cc2cc1Cl.CC(=O)Oc1cc2oc(=O)c(C3(N=O)CCC(C(=O)ON4C(=O)CCC4=O)CC3)cc2cc1Cl. The Hall–Kier alpha value is -7.40. The van der Waals surface area contributed by atoms with Gasteiger partial charge >= 0.3 is 35.1 Å². The molecule has 368 valence electrons. The number of hydrogen-bond acceptors (Lipinski definition) is 21. The molecule has 2 saturated heterocycles. The van der Waals surface area contributed by atoms with Gasteiger partial charge in [-0.3, -0.25) is 28.8 Å². The fourth-order valence-corrected chi connectivity index (χ4v) is 8.97. The zero-order chi connectivity index (χ0) is 50.7. The van der Waals surface area contributed by atoms with Gasteiger partial charge in [-0.1, -0.05) is 33.6 Å². The van der Waals surface area contributed by atoms with E-state index in [2.05, 4.69) is 10.4 Å². The standard InChI is InChI=1S/C23H21ClN2O10.C22H19ClN2O9/c1-12(27)33-11-34-18-10-17-14(9-16(18)24)8-15(22(31)35-17)23(25-32)6-4-13(5-7-23)21(30)36-26-19(28)2-3-20(26)29;1-11(26)32-17-10-16-13(9-15(17)23)8-14(21(30)33-16)22(24-31)6-4-12(5-7-22)20(29)34-25-18(27)2-3-19(25)28/h8-10,13H,2-7,11H2,1H3;8-10,12H,2-7H2,1H3. The molecule has 23 nitrogen and oxygen atoms in total. The van der Waals surface area contributed by atoms with Crippen molar-refractivity contribution in [2.75, 3.05) is 6.79 Å². The quantitative estimate of drug-likeness (QED) is 0.0379. The minimum Gasteiger partial charge on any atom is -0.456 e. The van der Waals surface area contributed by atoms with Crippen LogP contribution in [-0.4, -0.2) is 64.4 Å². The average Bonchev–Trinajstić information content (AvgIpc) is 3.82. The molecule has 0 radical (unpaired) electrons. The maximum Gasteiger partial charge on any atom is 0.342 e. The summed E-state index contributed by atoms with van der Waals surface area (Å²) in [6.45, 7) is 2.03. The normalized spacial score (nSPS) is 22.3. The molecule has 2 aromatic heterocycles. The number of esters is 2. The molecule has 2 saturated carbocycles. The molecular formula is C45H40Cl2N4O19. The van der Waals surface area contributed by atoms with Crippen molar-refractivity contribution < 1.29 is 71.1 Å². The zero-order valence-corrected chi connectivity index (χ0v) is 38.6. The molecule has 4 amide bonds. The van der Waals surface area contributed by atoms with Crippen molar-refractivity contribution >= 4 is 92.6 Å². The summed E-state index contributed by atoms with van der Waals surface area (Å²) in [5.74, 6) is -6.19. The van der Waals surface area contributed by atoms with Crippen molar-refractivity contribution in [3.05, 3.63) is 88.2 Å². The first kappa shape index (κ1) is 50.5. The lowest BCUT2D eigenvalue weighted by molar-refractivity contribution is -0.201. The number of nitrogens with zero attached hydrogens (tertiary/aromatic N) is 4. The molecule has 0 bridgehead atoms. The molecule has 0 unspecified atom stereocenters. The summed E-state index contributed by atoms with van der Waals surface area (Å²) >= 11 is 12.4. The van der Waals surface area contributed by atoms with Gasteiger partial charge in [-0.25, -0.2) is 19.2 Å². The largest absolute Gasteiger partial charge is 0.456 e. The third kappa shape index (κ3) is 10.6. The van der Waals surface area contributed by atoms with Crippen molar-refractivity contribution in [2.24, 2.45) is 22.2 Å². The van der Waals surface area contributed by atoms with E-state index in [0.29, 0.717) is 20.9 Å². The number of hydrogen-bond donors (Lipinski definition) is 0. The Labute approximate surface area is 403 Å². The van der Waals surface area contributed by atoms with E-state index in [1.807, 2.05) is 0 Å². The lowest BCUT2D eigenvalue weighted by Gasteiger charge is -2.33. The van der Waals surface area contributed by atoms with E-state index in [4.69, 9.17) is 55.9 Å². The highest BCUT2D eigenvalue weighted by Crippen LogP contribution is 2.45. The van der Waals surface area contributed by atoms with E-state index in [1.54, 1.807) is 0 Å². The number of carbonyl (C=O) groups is 8. The third-order valence-corrected chi connectivity index (χ3v) is 12.9. The molecule has 0 atom stereocenters. The maximum atomic E-state index is 12.8. The third-order valence-electron chi connectivity index (χ3n) is 12.3. The van der Waals surface area contributed by atoms with Crippen molar-refractivity contribution in [3.63, 3.8) is 0 Å². The first-order chi connectivity index (χ1) is 33.3. The smallest absolute Gasteiger partial charge is 0.342 e. The molecular weight excluding hydrogens is 971 g/mol. The summed E-state index contributed by atoms with van der Waals surface area (Å²) in [7, 11) is 0. The van der Waals surface area contributed by atoms with Crippen LogP contribution in [0.2, 0.25) is 10.0 Å². The Balaban J connectivity index is 0.000000207. The van der Waals surface area contributed by atoms with E-state index >= 15 is 0 Å². The average molecular weight is 1010 g/mol. The van der Waals surface area contributed by atoms with Crippen LogP contribution in [0.25, 0.3) is 21.9 Å². The number of halogens is 2. The van der Waals surface area contributed by atoms with E-state index in [1.165, 1.54) is 50.2 Å². The molecule has 4 aromatic rings. The number of imide groups is 2. The van der Waals surface area contributed by atoms with Crippen LogP contribution in [0.3, 0.4) is 0 Å². The van der Waals surface area contributed by atoms with Gasteiger partial charge in [0.1, 0.15) is 28.0 Å². The Morgan fingerprint density at radius 1 is 0.600 bits per heavy atom. The van der Waals surface area contributed by atoms with Gasteiger partial charge in [0, 0.05) is 62.4 Å². The lowest BCUT2D eigenvalue weighted by atomic mass is 9.73. The molecule has 0 spiro atoms. The summed E-state index contributed by atoms with van der Waals surface area (Å²) in [6, 6.07) is 8.49. The number of rotatable bonds is 12. The van der Waals surface area contributed by atoms with E-state index in [9.17, 15) is 57.8 Å². The predicted molar refractivity (Wildman–Crippen MR) is 237 cm³/mol. The Kier molecular flexibility index (Phi) is 14.9.